The lowest BCUT2D eigenvalue weighted by atomic mass is 9.89. The van der Waals surface area contributed by atoms with Crippen molar-refractivity contribution in [1.29, 1.82) is 0 Å². The molecule has 0 amide bonds. The summed E-state index contributed by atoms with van der Waals surface area (Å²) < 4.78 is 5.65. The molecule has 23 heavy (non-hydrogen) atoms. The summed E-state index contributed by atoms with van der Waals surface area (Å²) in [5, 5.41) is 3.58. The number of para-hydroxylation sites is 2. The summed E-state index contributed by atoms with van der Waals surface area (Å²) in [5.74, 6) is 0.956. The van der Waals surface area contributed by atoms with Gasteiger partial charge in [-0.1, -0.05) is 42.5 Å². The molecule has 0 aliphatic carbocycles. The first-order valence-corrected chi connectivity index (χ1v) is 8.12. The van der Waals surface area contributed by atoms with Crippen LogP contribution in [0.3, 0.4) is 0 Å². The number of aliphatic imine (C=N–C) groups is 1. The molecular weight excluding hydrogens is 286 g/mol. The van der Waals surface area contributed by atoms with Crippen LogP contribution in [-0.4, -0.2) is 31.8 Å². The molecule has 1 N–H and O–H groups in total. The van der Waals surface area contributed by atoms with E-state index >= 15 is 0 Å². The fourth-order valence-electron chi connectivity index (χ4n) is 3.82. The van der Waals surface area contributed by atoms with Crippen LogP contribution in [0.25, 0.3) is 0 Å². The van der Waals surface area contributed by atoms with Crippen LogP contribution in [0.1, 0.15) is 18.4 Å². The summed E-state index contributed by atoms with van der Waals surface area (Å²) >= 11 is 0. The summed E-state index contributed by atoms with van der Waals surface area (Å²) in [4.78, 5) is 7.27. The molecule has 0 radical (unpaired) electrons. The number of rotatable bonds is 2. The number of hydrogen-bond donors (Lipinski definition) is 1. The highest BCUT2D eigenvalue weighted by molar-refractivity contribution is 5.90. The van der Waals surface area contributed by atoms with Crippen molar-refractivity contribution in [3.05, 3.63) is 60.2 Å². The Bertz CT molecular complexity index is 728. The van der Waals surface area contributed by atoms with Crippen molar-refractivity contribution >= 4 is 17.3 Å². The van der Waals surface area contributed by atoms with Gasteiger partial charge in [-0.15, -0.1) is 0 Å². The van der Waals surface area contributed by atoms with E-state index in [1.165, 1.54) is 11.3 Å². The maximum atomic E-state index is 5.65. The summed E-state index contributed by atoms with van der Waals surface area (Å²) in [6, 6.07) is 19.2. The van der Waals surface area contributed by atoms with Crippen LogP contribution in [0.4, 0.5) is 11.4 Å². The summed E-state index contributed by atoms with van der Waals surface area (Å²) in [6.07, 6.45) is 0.0185. The van der Waals surface area contributed by atoms with Crippen LogP contribution >= 0.6 is 0 Å². The molecule has 0 spiro atoms. The quantitative estimate of drug-likeness (QED) is 0.923. The molecule has 4 rings (SSSR count). The van der Waals surface area contributed by atoms with Gasteiger partial charge in [-0.2, -0.15) is 0 Å². The average Bonchev–Trinajstić information content (AvgIpc) is 2.98. The minimum Gasteiger partial charge on any atom is -0.484 e. The third kappa shape index (κ3) is 2.17. The number of nitrogens with zero attached hydrogens (tertiary/aromatic N) is 2. The standard InChI is InChI=1S/C19H21N3O/c1-3-22-15-12-8-7-11-14(15)20-18-17(22)16(19(21-18)23-2)13-9-5-4-6-10-13/h4-12,16-18,20H,3H2,1-2H3/t16-,17+,18+/m0/s1. The van der Waals surface area contributed by atoms with E-state index in [-0.39, 0.29) is 18.1 Å². The van der Waals surface area contributed by atoms with Crippen LogP contribution < -0.4 is 10.2 Å². The molecule has 0 fully saturated rings. The molecular formula is C19H21N3O. The first kappa shape index (κ1) is 14.1. The monoisotopic (exact) mass is 307 g/mol. The number of ether oxygens (including phenoxy) is 1. The number of nitrogens with one attached hydrogen (secondary N) is 1. The minimum absolute atomic E-state index is 0.0185. The Morgan fingerprint density at radius 2 is 1.83 bits per heavy atom. The van der Waals surface area contributed by atoms with Crippen molar-refractivity contribution in [2.45, 2.75) is 25.0 Å². The highest BCUT2D eigenvalue weighted by Crippen LogP contribution is 2.43. The Morgan fingerprint density at radius 3 is 2.57 bits per heavy atom. The van der Waals surface area contributed by atoms with Crippen LogP contribution in [0.5, 0.6) is 0 Å². The Morgan fingerprint density at radius 1 is 1.09 bits per heavy atom. The summed E-state index contributed by atoms with van der Waals surface area (Å²) in [6.45, 7) is 3.14. The van der Waals surface area contributed by atoms with Crippen molar-refractivity contribution in [3.8, 4) is 0 Å². The zero-order valence-corrected chi connectivity index (χ0v) is 13.4. The zero-order chi connectivity index (χ0) is 15.8. The van der Waals surface area contributed by atoms with Gasteiger partial charge in [-0.25, -0.2) is 4.99 Å². The third-order valence-corrected chi connectivity index (χ3v) is 4.78. The molecule has 2 aromatic rings. The van der Waals surface area contributed by atoms with Crippen LogP contribution in [-0.2, 0) is 4.74 Å². The lowest BCUT2D eigenvalue weighted by Gasteiger charge is -2.42. The van der Waals surface area contributed by atoms with Gasteiger partial charge in [-0.3, -0.25) is 0 Å². The largest absolute Gasteiger partial charge is 0.484 e. The molecule has 3 atom stereocenters. The fraction of sp³-hybridized carbons (Fsp3) is 0.316. The fourth-order valence-corrected chi connectivity index (χ4v) is 3.82. The van der Waals surface area contributed by atoms with Crippen LogP contribution in [0, 0.1) is 0 Å². The van der Waals surface area contributed by atoms with E-state index in [2.05, 4.69) is 65.7 Å². The van der Waals surface area contributed by atoms with Gasteiger partial charge >= 0.3 is 0 Å². The van der Waals surface area contributed by atoms with Gasteiger partial charge in [0.25, 0.3) is 0 Å². The summed E-state index contributed by atoms with van der Waals surface area (Å²) in [7, 11) is 1.72. The predicted molar refractivity (Wildman–Crippen MR) is 94.3 cm³/mol. The van der Waals surface area contributed by atoms with E-state index < -0.39 is 0 Å². The zero-order valence-electron chi connectivity index (χ0n) is 13.4. The van der Waals surface area contributed by atoms with E-state index in [1.807, 2.05) is 6.07 Å². The Hall–Kier alpha value is -2.49. The SMILES string of the molecule is CCN1c2ccccc2N[C@@H]2N=C(OC)[C@@H](c3ccccc3)[C@H]21. The molecule has 4 heteroatoms. The number of anilines is 2. The molecule has 118 valence electrons. The van der Waals surface area contributed by atoms with Crippen molar-refractivity contribution in [3.63, 3.8) is 0 Å². The Kier molecular flexibility index (Phi) is 3.45. The second-order valence-corrected chi connectivity index (χ2v) is 5.94. The molecule has 2 heterocycles. The Labute approximate surface area is 136 Å². The highest BCUT2D eigenvalue weighted by Gasteiger charge is 2.46. The summed E-state index contributed by atoms with van der Waals surface area (Å²) in [5.41, 5.74) is 3.63. The molecule has 2 aromatic carbocycles. The van der Waals surface area contributed by atoms with Crippen LogP contribution in [0.15, 0.2) is 59.6 Å². The van der Waals surface area contributed by atoms with Gasteiger partial charge in [0.15, 0.2) is 5.90 Å². The van der Waals surface area contributed by atoms with Crippen molar-refractivity contribution < 1.29 is 4.74 Å². The third-order valence-electron chi connectivity index (χ3n) is 4.78. The maximum absolute atomic E-state index is 5.65. The maximum Gasteiger partial charge on any atom is 0.195 e. The van der Waals surface area contributed by atoms with Gasteiger partial charge in [0.1, 0.15) is 6.17 Å². The molecule has 0 saturated carbocycles. The number of methoxy groups -OCH3 is 1. The second kappa shape index (κ2) is 5.61. The predicted octanol–water partition coefficient (Wildman–Crippen LogP) is 3.48. The molecule has 2 aliphatic heterocycles. The van der Waals surface area contributed by atoms with Gasteiger partial charge in [-0.05, 0) is 24.6 Å². The topological polar surface area (TPSA) is 36.9 Å². The molecule has 0 bridgehead atoms. The normalized spacial score (nSPS) is 25.2. The van der Waals surface area contributed by atoms with E-state index in [0.29, 0.717) is 0 Å². The smallest absolute Gasteiger partial charge is 0.195 e. The second-order valence-electron chi connectivity index (χ2n) is 5.94. The number of benzene rings is 2. The van der Waals surface area contributed by atoms with Crippen molar-refractivity contribution in [2.24, 2.45) is 4.99 Å². The van der Waals surface area contributed by atoms with E-state index in [9.17, 15) is 0 Å². The number of fused-ring (bicyclic) bond motifs is 2. The lowest BCUT2D eigenvalue weighted by Crippen LogP contribution is -2.51. The van der Waals surface area contributed by atoms with Gasteiger partial charge in [0.2, 0.25) is 0 Å². The number of hydrogen-bond acceptors (Lipinski definition) is 4. The van der Waals surface area contributed by atoms with E-state index in [4.69, 9.17) is 9.73 Å². The lowest BCUT2D eigenvalue weighted by molar-refractivity contribution is 0.382. The average molecular weight is 307 g/mol. The van der Waals surface area contributed by atoms with E-state index in [1.54, 1.807) is 7.11 Å². The molecule has 0 saturated heterocycles. The van der Waals surface area contributed by atoms with Gasteiger partial charge in [0.05, 0.1) is 30.4 Å². The molecule has 2 aliphatic rings. The molecule has 0 aromatic heterocycles. The minimum atomic E-state index is 0.0185. The van der Waals surface area contributed by atoms with Gasteiger partial charge < -0.3 is 15.0 Å². The van der Waals surface area contributed by atoms with Crippen molar-refractivity contribution in [2.75, 3.05) is 23.9 Å². The van der Waals surface area contributed by atoms with Crippen LogP contribution in [0.2, 0.25) is 0 Å². The molecule has 4 nitrogen and oxygen atoms in total. The molecule has 0 unspecified atom stereocenters. The Balaban J connectivity index is 1.81. The first-order valence-electron chi connectivity index (χ1n) is 8.12. The van der Waals surface area contributed by atoms with Gasteiger partial charge in [0, 0.05) is 6.54 Å². The van der Waals surface area contributed by atoms with Crippen molar-refractivity contribution in [1.82, 2.24) is 0 Å². The highest BCUT2D eigenvalue weighted by atomic mass is 16.5. The number of likely N-dealkylation sites (N-methyl/N-ethyl adjacent to an activating group) is 1. The van der Waals surface area contributed by atoms with E-state index in [0.717, 1.165) is 18.1 Å². The first-order chi connectivity index (χ1) is 11.3.